The normalized spacial score (nSPS) is 22.2. The smallest absolute Gasteiger partial charge is 0.250 e. The fourth-order valence-corrected chi connectivity index (χ4v) is 4.36. The number of nitrogens with zero attached hydrogens (tertiary/aromatic N) is 3. The van der Waals surface area contributed by atoms with Crippen LogP contribution in [0.1, 0.15) is 31.2 Å². The van der Waals surface area contributed by atoms with Gasteiger partial charge in [-0.1, -0.05) is 6.07 Å². The third-order valence-corrected chi connectivity index (χ3v) is 5.86. The molecular formula is C21H26FN3O2. The molecule has 0 unspecified atom stereocenters. The third kappa shape index (κ3) is 4.28. The van der Waals surface area contributed by atoms with Crippen LogP contribution in [-0.4, -0.2) is 46.8 Å². The molecule has 5 nitrogen and oxygen atoms in total. The molecule has 2 aromatic rings. The summed E-state index contributed by atoms with van der Waals surface area (Å²) in [6, 6.07) is 7.06. The second-order valence-electron chi connectivity index (χ2n) is 7.46. The largest absolute Gasteiger partial charge is 0.476 e. The molecule has 4 rings (SSSR count). The Balaban J connectivity index is 1.29. The number of halogens is 1. The first-order chi connectivity index (χ1) is 13.3. The molecular weight excluding hydrogens is 345 g/mol. The molecule has 6 heteroatoms. The minimum Gasteiger partial charge on any atom is -0.476 e. The van der Waals surface area contributed by atoms with E-state index in [0.717, 1.165) is 51.9 Å². The predicted molar refractivity (Wildman–Crippen MR) is 99.8 cm³/mol. The highest BCUT2D eigenvalue weighted by Gasteiger charge is 2.45. The van der Waals surface area contributed by atoms with Crippen molar-refractivity contribution in [1.82, 2.24) is 14.9 Å². The second-order valence-corrected chi connectivity index (χ2v) is 7.46. The van der Waals surface area contributed by atoms with Gasteiger partial charge in [-0.05, 0) is 55.4 Å². The quantitative estimate of drug-likeness (QED) is 0.778. The summed E-state index contributed by atoms with van der Waals surface area (Å²) in [6.45, 7) is 4.28. The first kappa shape index (κ1) is 18.3. The molecule has 2 aliphatic rings. The van der Waals surface area contributed by atoms with Crippen molar-refractivity contribution in [1.29, 1.82) is 0 Å². The van der Waals surface area contributed by atoms with Gasteiger partial charge in [0.15, 0.2) is 5.82 Å². The monoisotopic (exact) mass is 371 g/mol. The number of hydrogen-bond acceptors (Lipinski definition) is 5. The standard InChI is InChI=1S/C21H26FN3O2/c22-19-4-2-10-24-20(19)26-13-5-18-6-14-27-21(18)7-11-25(12-8-21)16-17-3-1-9-23-15-17/h1-4,9-10,15,18H,5-8,11-14,16H2/t18-/m1/s1. The van der Waals surface area contributed by atoms with Crippen LogP contribution in [0.15, 0.2) is 42.9 Å². The van der Waals surface area contributed by atoms with Gasteiger partial charge in [0.1, 0.15) is 0 Å². The Morgan fingerprint density at radius 3 is 2.85 bits per heavy atom. The lowest BCUT2D eigenvalue weighted by molar-refractivity contribution is -0.0709. The van der Waals surface area contributed by atoms with Crippen LogP contribution >= 0.6 is 0 Å². The summed E-state index contributed by atoms with van der Waals surface area (Å²) in [4.78, 5) is 10.6. The fraction of sp³-hybridized carbons (Fsp3) is 0.524. The van der Waals surface area contributed by atoms with Crippen LogP contribution in [0.2, 0.25) is 0 Å². The summed E-state index contributed by atoms with van der Waals surface area (Å²) in [5.74, 6) is 0.153. The van der Waals surface area contributed by atoms with Gasteiger partial charge in [-0.3, -0.25) is 9.88 Å². The maximum atomic E-state index is 13.6. The van der Waals surface area contributed by atoms with Gasteiger partial charge in [-0.25, -0.2) is 9.37 Å². The first-order valence-electron chi connectivity index (χ1n) is 9.74. The zero-order valence-electron chi connectivity index (χ0n) is 15.5. The summed E-state index contributed by atoms with van der Waals surface area (Å²) < 4.78 is 25.4. The number of ether oxygens (including phenoxy) is 2. The molecule has 0 bridgehead atoms. The van der Waals surface area contributed by atoms with Crippen LogP contribution in [0.25, 0.3) is 0 Å². The van der Waals surface area contributed by atoms with Gasteiger partial charge in [0, 0.05) is 44.8 Å². The summed E-state index contributed by atoms with van der Waals surface area (Å²) in [7, 11) is 0. The molecule has 27 heavy (non-hydrogen) atoms. The minimum atomic E-state index is -0.404. The first-order valence-corrected chi connectivity index (χ1v) is 9.74. The Labute approximate surface area is 159 Å². The van der Waals surface area contributed by atoms with Crippen LogP contribution in [0, 0.1) is 11.7 Å². The van der Waals surface area contributed by atoms with E-state index in [1.165, 1.54) is 11.6 Å². The van der Waals surface area contributed by atoms with Crippen LogP contribution < -0.4 is 4.74 Å². The molecule has 0 aliphatic carbocycles. The van der Waals surface area contributed by atoms with Crippen molar-refractivity contribution in [2.45, 2.75) is 37.8 Å². The van der Waals surface area contributed by atoms with E-state index in [0.29, 0.717) is 12.5 Å². The summed E-state index contributed by atoms with van der Waals surface area (Å²) in [6.07, 6.45) is 9.30. The third-order valence-electron chi connectivity index (χ3n) is 5.86. The molecule has 4 heterocycles. The Morgan fingerprint density at radius 1 is 1.22 bits per heavy atom. The van der Waals surface area contributed by atoms with Crippen molar-refractivity contribution in [3.63, 3.8) is 0 Å². The SMILES string of the molecule is Fc1cccnc1OCC[C@@H]1CCOC12CCN(Cc1cccnc1)CC2. The number of aromatic nitrogens is 2. The highest BCUT2D eigenvalue weighted by atomic mass is 19.1. The summed E-state index contributed by atoms with van der Waals surface area (Å²) in [5, 5.41) is 0. The summed E-state index contributed by atoms with van der Waals surface area (Å²) in [5.41, 5.74) is 1.21. The van der Waals surface area contributed by atoms with Gasteiger partial charge in [0.25, 0.3) is 0 Å². The van der Waals surface area contributed by atoms with Gasteiger partial charge in [0.05, 0.1) is 12.2 Å². The van der Waals surface area contributed by atoms with Gasteiger partial charge in [-0.15, -0.1) is 0 Å². The minimum absolute atomic E-state index is 0.0442. The number of hydrogen-bond donors (Lipinski definition) is 0. The average Bonchev–Trinajstić information content (AvgIpc) is 3.08. The Bertz CT molecular complexity index is 735. The lowest BCUT2D eigenvalue weighted by Gasteiger charge is -2.42. The van der Waals surface area contributed by atoms with Crippen molar-refractivity contribution >= 4 is 0 Å². The Hall–Kier alpha value is -2.05. The Kier molecular flexibility index (Phi) is 5.64. The number of likely N-dealkylation sites (tertiary alicyclic amines) is 1. The summed E-state index contributed by atoms with van der Waals surface area (Å²) >= 11 is 0. The van der Waals surface area contributed by atoms with Crippen LogP contribution in [-0.2, 0) is 11.3 Å². The van der Waals surface area contributed by atoms with E-state index in [2.05, 4.69) is 20.9 Å². The van der Waals surface area contributed by atoms with E-state index < -0.39 is 5.82 Å². The molecule has 2 saturated heterocycles. The Morgan fingerprint density at radius 2 is 2.07 bits per heavy atom. The highest BCUT2D eigenvalue weighted by molar-refractivity contribution is 5.13. The molecule has 1 spiro atoms. The van der Waals surface area contributed by atoms with E-state index in [9.17, 15) is 4.39 Å². The van der Waals surface area contributed by atoms with Gasteiger partial charge < -0.3 is 9.47 Å². The van der Waals surface area contributed by atoms with E-state index in [1.54, 1.807) is 12.3 Å². The van der Waals surface area contributed by atoms with Crippen molar-refractivity contribution in [3.8, 4) is 5.88 Å². The van der Waals surface area contributed by atoms with E-state index in [1.807, 2.05) is 18.5 Å². The molecule has 144 valence electrons. The molecule has 2 aliphatic heterocycles. The van der Waals surface area contributed by atoms with Crippen molar-refractivity contribution in [2.24, 2.45) is 5.92 Å². The molecule has 0 saturated carbocycles. The molecule has 2 aromatic heterocycles. The zero-order chi connectivity index (χ0) is 18.5. The van der Waals surface area contributed by atoms with Crippen molar-refractivity contribution in [2.75, 3.05) is 26.3 Å². The second kappa shape index (κ2) is 8.31. The number of piperidine rings is 1. The zero-order valence-corrected chi connectivity index (χ0v) is 15.5. The molecule has 1 atom stereocenters. The lowest BCUT2D eigenvalue weighted by atomic mass is 9.78. The average molecular weight is 371 g/mol. The van der Waals surface area contributed by atoms with Crippen molar-refractivity contribution < 1.29 is 13.9 Å². The van der Waals surface area contributed by atoms with E-state index in [-0.39, 0.29) is 11.5 Å². The molecule has 0 aromatic carbocycles. The van der Waals surface area contributed by atoms with Gasteiger partial charge in [0.2, 0.25) is 5.88 Å². The predicted octanol–water partition coefficient (Wildman–Crippen LogP) is 3.46. The van der Waals surface area contributed by atoms with Crippen LogP contribution in [0.3, 0.4) is 0 Å². The molecule has 0 amide bonds. The van der Waals surface area contributed by atoms with E-state index in [4.69, 9.17) is 9.47 Å². The number of rotatable bonds is 6. The maximum Gasteiger partial charge on any atom is 0.250 e. The fourth-order valence-electron chi connectivity index (χ4n) is 4.36. The molecule has 2 fully saturated rings. The topological polar surface area (TPSA) is 47.5 Å². The lowest BCUT2D eigenvalue weighted by Crippen LogP contribution is -2.47. The van der Waals surface area contributed by atoms with Gasteiger partial charge >= 0.3 is 0 Å². The highest BCUT2D eigenvalue weighted by Crippen LogP contribution is 2.42. The van der Waals surface area contributed by atoms with E-state index >= 15 is 0 Å². The van der Waals surface area contributed by atoms with Crippen molar-refractivity contribution in [3.05, 3.63) is 54.2 Å². The number of pyridine rings is 2. The van der Waals surface area contributed by atoms with Gasteiger partial charge in [-0.2, -0.15) is 0 Å². The molecule has 0 radical (unpaired) electrons. The maximum absolute atomic E-state index is 13.6. The van der Waals surface area contributed by atoms with Crippen LogP contribution in [0.5, 0.6) is 5.88 Å². The molecule has 0 N–H and O–H groups in total. The van der Waals surface area contributed by atoms with Crippen LogP contribution in [0.4, 0.5) is 4.39 Å².